The molecule has 2 aromatic rings. The van der Waals surface area contributed by atoms with E-state index in [-0.39, 0.29) is 11.9 Å². The molecule has 1 atom stereocenters. The standard InChI is InChI=1S/C21H25NO5/c1-14(15-9-11-16(12-10-15)27-13-19(23)24)22-20(25)21(2,3)17-7-5-6-8-18(17)26-4/h5-12,14H,13H2,1-4H3,(H,22,25)(H,23,24). The number of carbonyl (C=O) groups is 2. The van der Waals surface area contributed by atoms with Crippen molar-refractivity contribution in [3.8, 4) is 11.5 Å². The summed E-state index contributed by atoms with van der Waals surface area (Å²) in [6.45, 7) is 5.22. The molecule has 2 aromatic carbocycles. The van der Waals surface area contributed by atoms with Crippen molar-refractivity contribution in [3.05, 3.63) is 59.7 Å². The highest BCUT2D eigenvalue weighted by Crippen LogP contribution is 2.32. The summed E-state index contributed by atoms with van der Waals surface area (Å²) in [4.78, 5) is 23.4. The second kappa shape index (κ2) is 8.58. The Labute approximate surface area is 159 Å². The molecule has 0 aliphatic heterocycles. The summed E-state index contributed by atoms with van der Waals surface area (Å²) in [6.07, 6.45) is 0. The predicted molar refractivity (Wildman–Crippen MR) is 102 cm³/mol. The van der Waals surface area contributed by atoms with Gasteiger partial charge in [0.2, 0.25) is 5.91 Å². The quantitative estimate of drug-likeness (QED) is 0.744. The molecule has 6 heteroatoms. The Kier molecular flexibility index (Phi) is 6.45. The first-order valence-electron chi connectivity index (χ1n) is 8.64. The van der Waals surface area contributed by atoms with Crippen LogP contribution >= 0.6 is 0 Å². The normalized spacial score (nSPS) is 12.1. The van der Waals surface area contributed by atoms with Crippen molar-refractivity contribution in [2.24, 2.45) is 0 Å². The average molecular weight is 371 g/mol. The highest BCUT2D eigenvalue weighted by Gasteiger charge is 2.33. The molecule has 6 nitrogen and oxygen atoms in total. The van der Waals surface area contributed by atoms with Crippen molar-refractivity contribution < 1.29 is 24.2 Å². The number of nitrogens with one attached hydrogen (secondary N) is 1. The van der Waals surface area contributed by atoms with Gasteiger partial charge in [0.25, 0.3) is 0 Å². The molecule has 0 saturated heterocycles. The summed E-state index contributed by atoms with van der Waals surface area (Å²) in [7, 11) is 1.59. The molecule has 0 aromatic heterocycles. The molecular formula is C21H25NO5. The lowest BCUT2D eigenvalue weighted by atomic mass is 9.82. The van der Waals surface area contributed by atoms with E-state index in [0.717, 1.165) is 11.1 Å². The molecule has 0 saturated carbocycles. The van der Waals surface area contributed by atoms with Crippen LogP contribution in [0.3, 0.4) is 0 Å². The van der Waals surface area contributed by atoms with E-state index >= 15 is 0 Å². The zero-order chi connectivity index (χ0) is 20.0. The fraction of sp³-hybridized carbons (Fsp3) is 0.333. The SMILES string of the molecule is COc1ccccc1C(C)(C)C(=O)NC(C)c1ccc(OCC(=O)O)cc1. The molecule has 2 rings (SSSR count). The van der Waals surface area contributed by atoms with Crippen LogP contribution in [0.15, 0.2) is 48.5 Å². The van der Waals surface area contributed by atoms with Gasteiger partial charge in [-0.3, -0.25) is 4.79 Å². The molecule has 0 spiro atoms. The molecule has 0 radical (unpaired) electrons. The maximum absolute atomic E-state index is 12.9. The fourth-order valence-corrected chi connectivity index (χ4v) is 2.74. The first-order valence-corrected chi connectivity index (χ1v) is 8.64. The lowest BCUT2D eigenvalue weighted by Gasteiger charge is -2.28. The number of aliphatic carboxylic acids is 1. The van der Waals surface area contributed by atoms with E-state index < -0.39 is 18.0 Å². The number of ether oxygens (including phenoxy) is 2. The molecule has 144 valence electrons. The summed E-state index contributed by atoms with van der Waals surface area (Å²) in [5.41, 5.74) is 0.933. The number of amides is 1. The number of carboxylic acids is 1. The van der Waals surface area contributed by atoms with Gasteiger partial charge in [0, 0.05) is 5.56 Å². The van der Waals surface area contributed by atoms with E-state index in [4.69, 9.17) is 14.6 Å². The lowest BCUT2D eigenvalue weighted by molar-refractivity contribution is -0.139. The van der Waals surface area contributed by atoms with Gasteiger partial charge in [-0.25, -0.2) is 4.79 Å². The minimum Gasteiger partial charge on any atom is -0.496 e. The second-order valence-electron chi connectivity index (χ2n) is 6.77. The van der Waals surface area contributed by atoms with Crippen LogP contribution in [0.25, 0.3) is 0 Å². The third-order valence-corrected chi connectivity index (χ3v) is 4.44. The summed E-state index contributed by atoms with van der Waals surface area (Å²) in [5.74, 6) is -0.0109. The molecule has 1 amide bonds. The first kappa shape index (κ1) is 20.3. The Hall–Kier alpha value is -3.02. The smallest absolute Gasteiger partial charge is 0.341 e. The van der Waals surface area contributed by atoms with Crippen molar-refractivity contribution in [1.82, 2.24) is 5.32 Å². The monoisotopic (exact) mass is 371 g/mol. The van der Waals surface area contributed by atoms with Gasteiger partial charge in [0.1, 0.15) is 11.5 Å². The zero-order valence-corrected chi connectivity index (χ0v) is 16.0. The van der Waals surface area contributed by atoms with E-state index in [1.54, 1.807) is 31.4 Å². The number of carbonyl (C=O) groups excluding carboxylic acids is 1. The van der Waals surface area contributed by atoms with Crippen LogP contribution in [0.1, 0.15) is 37.9 Å². The molecule has 0 bridgehead atoms. The largest absolute Gasteiger partial charge is 0.496 e. The van der Waals surface area contributed by atoms with E-state index in [1.165, 1.54) is 0 Å². The molecule has 0 heterocycles. The maximum Gasteiger partial charge on any atom is 0.341 e. The Morgan fingerprint density at radius 1 is 1.11 bits per heavy atom. The van der Waals surface area contributed by atoms with Gasteiger partial charge < -0.3 is 19.9 Å². The van der Waals surface area contributed by atoms with Crippen LogP contribution in [0.5, 0.6) is 11.5 Å². The molecular weight excluding hydrogens is 346 g/mol. The van der Waals surface area contributed by atoms with Gasteiger partial charge >= 0.3 is 5.97 Å². The summed E-state index contributed by atoms with van der Waals surface area (Å²) < 4.78 is 10.5. The van der Waals surface area contributed by atoms with Crippen LogP contribution in [-0.4, -0.2) is 30.7 Å². The minimum absolute atomic E-state index is 0.120. The maximum atomic E-state index is 12.9. The van der Waals surface area contributed by atoms with Crippen LogP contribution < -0.4 is 14.8 Å². The summed E-state index contributed by atoms with van der Waals surface area (Å²) in [6, 6.07) is 14.2. The molecule has 2 N–H and O–H groups in total. The van der Waals surface area contributed by atoms with E-state index in [0.29, 0.717) is 11.5 Å². The van der Waals surface area contributed by atoms with Crippen LogP contribution in [0.4, 0.5) is 0 Å². The molecule has 0 fully saturated rings. The zero-order valence-electron chi connectivity index (χ0n) is 16.0. The number of hydrogen-bond donors (Lipinski definition) is 2. The number of hydrogen-bond acceptors (Lipinski definition) is 4. The fourth-order valence-electron chi connectivity index (χ4n) is 2.74. The molecule has 27 heavy (non-hydrogen) atoms. The number of rotatable bonds is 8. The van der Waals surface area contributed by atoms with Crippen LogP contribution in [0, 0.1) is 0 Å². The van der Waals surface area contributed by atoms with Gasteiger partial charge in [-0.15, -0.1) is 0 Å². The van der Waals surface area contributed by atoms with Crippen LogP contribution in [0.2, 0.25) is 0 Å². The summed E-state index contributed by atoms with van der Waals surface area (Å²) >= 11 is 0. The Balaban J connectivity index is 2.09. The highest BCUT2D eigenvalue weighted by molar-refractivity contribution is 5.88. The molecule has 0 aliphatic carbocycles. The van der Waals surface area contributed by atoms with Gasteiger partial charge in [0.15, 0.2) is 6.61 Å². The van der Waals surface area contributed by atoms with Crippen molar-refractivity contribution >= 4 is 11.9 Å². The van der Waals surface area contributed by atoms with E-state index in [1.807, 2.05) is 45.0 Å². The topological polar surface area (TPSA) is 84.9 Å². The Morgan fingerprint density at radius 2 is 1.74 bits per heavy atom. The third kappa shape index (κ3) is 5.00. The third-order valence-electron chi connectivity index (χ3n) is 4.44. The van der Waals surface area contributed by atoms with Crippen molar-refractivity contribution in [2.75, 3.05) is 13.7 Å². The van der Waals surface area contributed by atoms with E-state index in [2.05, 4.69) is 5.32 Å². The van der Waals surface area contributed by atoms with Gasteiger partial charge in [-0.1, -0.05) is 30.3 Å². The lowest BCUT2D eigenvalue weighted by Crippen LogP contribution is -2.41. The Bertz CT molecular complexity index is 798. The number of carboxylic acid groups (broad SMARTS) is 1. The average Bonchev–Trinajstić information content (AvgIpc) is 2.66. The van der Waals surface area contributed by atoms with Gasteiger partial charge in [-0.05, 0) is 44.5 Å². The number of benzene rings is 2. The second-order valence-corrected chi connectivity index (χ2v) is 6.77. The van der Waals surface area contributed by atoms with Gasteiger partial charge in [-0.2, -0.15) is 0 Å². The Morgan fingerprint density at radius 3 is 2.33 bits per heavy atom. The van der Waals surface area contributed by atoms with Crippen molar-refractivity contribution in [2.45, 2.75) is 32.2 Å². The number of para-hydroxylation sites is 1. The first-order chi connectivity index (χ1) is 12.8. The van der Waals surface area contributed by atoms with Crippen molar-refractivity contribution in [1.29, 1.82) is 0 Å². The van der Waals surface area contributed by atoms with Crippen LogP contribution in [-0.2, 0) is 15.0 Å². The minimum atomic E-state index is -1.03. The van der Waals surface area contributed by atoms with E-state index in [9.17, 15) is 9.59 Å². The number of methoxy groups -OCH3 is 1. The van der Waals surface area contributed by atoms with Crippen molar-refractivity contribution in [3.63, 3.8) is 0 Å². The molecule has 0 aliphatic rings. The highest BCUT2D eigenvalue weighted by atomic mass is 16.5. The van der Waals surface area contributed by atoms with Gasteiger partial charge in [0.05, 0.1) is 18.6 Å². The molecule has 1 unspecified atom stereocenters. The predicted octanol–water partition coefficient (Wildman–Crippen LogP) is 3.31. The summed E-state index contributed by atoms with van der Waals surface area (Å²) in [5, 5.41) is 11.7.